The molecule has 10 aromatic rings. The second-order valence-electron chi connectivity index (χ2n) is 13.6. The minimum absolute atomic E-state index is 0.171. The summed E-state index contributed by atoms with van der Waals surface area (Å²) >= 11 is 3.79. The maximum Gasteiger partial charge on any atom is 0.248 e. The molecule has 0 radical (unpaired) electrons. The molecule has 0 spiro atoms. The highest BCUT2D eigenvalue weighted by atomic mass is 32.1. The van der Waals surface area contributed by atoms with Crippen LogP contribution in [-0.4, -0.2) is 6.71 Å². The van der Waals surface area contributed by atoms with Crippen LogP contribution in [0.1, 0.15) is 0 Å². The summed E-state index contributed by atoms with van der Waals surface area (Å²) in [5.41, 5.74) is 13.2. The molecule has 2 aliphatic heterocycles. The molecule has 0 fully saturated rings. The molecule has 0 saturated heterocycles. The maximum atomic E-state index is 2.59. The first-order valence-electron chi connectivity index (χ1n) is 17.2. The molecule has 0 atom stereocenters. The van der Waals surface area contributed by atoms with Gasteiger partial charge in [0.1, 0.15) is 0 Å². The lowest BCUT2D eigenvalue weighted by Gasteiger charge is -2.36. The first-order valence-corrected chi connectivity index (χ1v) is 18.8. The van der Waals surface area contributed by atoms with E-state index in [2.05, 4.69) is 163 Å². The molecule has 2 aliphatic rings. The number of benzene rings is 8. The van der Waals surface area contributed by atoms with Gasteiger partial charge in [0.15, 0.2) is 0 Å². The van der Waals surface area contributed by atoms with Gasteiger partial charge >= 0.3 is 0 Å². The number of thiophene rings is 2. The zero-order chi connectivity index (χ0) is 32.5. The van der Waals surface area contributed by atoms with Gasteiger partial charge in [-0.05, 0) is 98.5 Å². The third-order valence-corrected chi connectivity index (χ3v) is 13.3. The monoisotopic (exact) mass is 667 g/mol. The van der Waals surface area contributed by atoms with Gasteiger partial charge < -0.3 is 4.90 Å². The Bertz CT molecular complexity index is 3070. The first kappa shape index (κ1) is 27.2. The molecule has 0 bridgehead atoms. The fourth-order valence-corrected chi connectivity index (χ4v) is 11.1. The molecule has 2 aromatic heterocycles. The van der Waals surface area contributed by atoms with Crippen molar-refractivity contribution in [2.45, 2.75) is 0 Å². The normalized spacial score (nSPS) is 13.1. The molecule has 4 heterocycles. The van der Waals surface area contributed by atoms with Crippen LogP contribution in [0, 0.1) is 0 Å². The van der Waals surface area contributed by atoms with Gasteiger partial charge in [-0.15, -0.1) is 22.7 Å². The molecule has 1 nitrogen and oxygen atoms in total. The number of anilines is 3. The van der Waals surface area contributed by atoms with Gasteiger partial charge in [-0.3, -0.25) is 0 Å². The average Bonchev–Trinajstić information content (AvgIpc) is 3.84. The second-order valence-corrected chi connectivity index (χ2v) is 15.8. The fourth-order valence-electron chi connectivity index (χ4n) is 8.92. The smallest absolute Gasteiger partial charge is 0.248 e. The third kappa shape index (κ3) is 3.62. The summed E-state index contributed by atoms with van der Waals surface area (Å²) < 4.78 is 5.35. The summed E-state index contributed by atoms with van der Waals surface area (Å²) in [4.78, 5) is 2.59. The number of rotatable bonds is 2. The van der Waals surface area contributed by atoms with Crippen LogP contribution in [-0.2, 0) is 0 Å². The van der Waals surface area contributed by atoms with Crippen LogP contribution in [0.3, 0.4) is 0 Å². The Morgan fingerprint density at radius 3 is 1.92 bits per heavy atom. The summed E-state index contributed by atoms with van der Waals surface area (Å²) in [5, 5.41) is 7.85. The van der Waals surface area contributed by atoms with E-state index in [0.717, 1.165) is 0 Å². The van der Waals surface area contributed by atoms with E-state index in [9.17, 15) is 0 Å². The lowest BCUT2D eigenvalue weighted by Crippen LogP contribution is -2.54. The van der Waals surface area contributed by atoms with Crippen molar-refractivity contribution in [3.63, 3.8) is 0 Å². The van der Waals surface area contributed by atoms with Crippen molar-refractivity contribution in [2.75, 3.05) is 4.90 Å². The van der Waals surface area contributed by atoms with E-state index in [1.54, 1.807) is 0 Å². The minimum atomic E-state index is 0.171. The van der Waals surface area contributed by atoms with Crippen LogP contribution >= 0.6 is 22.7 Å². The number of fused-ring (bicyclic) bond motifs is 12. The Kier molecular flexibility index (Phi) is 5.41. The largest absolute Gasteiger partial charge is 0.311 e. The maximum absolute atomic E-state index is 2.59. The third-order valence-electron chi connectivity index (χ3n) is 11.0. The quantitative estimate of drug-likeness (QED) is 0.166. The van der Waals surface area contributed by atoms with Crippen LogP contribution in [0.15, 0.2) is 158 Å². The summed E-state index contributed by atoms with van der Waals surface area (Å²) in [5.74, 6) is 0. The average molecular weight is 668 g/mol. The van der Waals surface area contributed by atoms with Crippen molar-refractivity contribution in [3.05, 3.63) is 158 Å². The van der Waals surface area contributed by atoms with Crippen molar-refractivity contribution < 1.29 is 0 Å². The fraction of sp³-hybridized carbons (Fsp3) is 0. The Balaban J connectivity index is 1.22. The van der Waals surface area contributed by atoms with E-state index in [0.29, 0.717) is 0 Å². The van der Waals surface area contributed by atoms with Gasteiger partial charge in [-0.25, -0.2) is 0 Å². The van der Waals surface area contributed by atoms with E-state index in [1.807, 2.05) is 22.7 Å². The van der Waals surface area contributed by atoms with Gasteiger partial charge in [-0.2, -0.15) is 0 Å². The van der Waals surface area contributed by atoms with Crippen LogP contribution in [0.25, 0.3) is 73.4 Å². The highest BCUT2D eigenvalue weighted by Gasteiger charge is 2.43. The molecule has 0 saturated carbocycles. The zero-order valence-electron chi connectivity index (χ0n) is 26.9. The number of nitrogens with zero attached hydrogens (tertiary/aromatic N) is 1. The molecular weight excluding hydrogens is 641 g/mol. The van der Waals surface area contributed by atoms with E-state index in [4.69, 9.17) is 0 Å². The summed E-state index contributed by atoms with van der Waals surface area (Å²) in [7, 11) is 0. The van der Waals surface area contributed by atoms with Crippen molar-refractivity contribution in [1.29, 1.82) is 0 Å². The molecule has 0 aliphatic carbocycles. The number of hydrogen-bond donors (Lipinski definition) is 0. The predicted octanol–water partition coefficient (Wildman–Crippen LogP) is 11.5. The highest BCUT2D eigenvalue weighted by Crippen LogP contribution is 2.47. The van der Waals surface area contributed by atoms with Crippen molar-refractivity contribution >= 4 is 114 Å². The standard InChI is InChI=1S/C46H26BNS2/c1-2-12-30-27(10-1)11-9-16-31(30)28-22-37-32-13-3-6-17-38(32)47-39-26-45-36(34-15-5-8-19-43(34)50-45)25-40(39)48(41(23-28)46(37)47)29-20-21-44-35(24-29)33-14-4-7-18-42(33)49-44/h1-26H. The van der Waals surface area contributed by atoms with Gasteiger partial charge in [0.2, 0.25) is 6.71 Å². The van der Waals surface area contributed by atoms with Crippen molar-refractivity contribution in [1.82, 2.24) is 0 Å². The molecule has 0 amide bonds. The summed E-state index contributed by atoms with van der Waals surface area (Å²) in [6, 6.07) is 59.4. The van der Waals surface area contributed by atoms with Crippen LogP contribution in [0.4, 0.5) is 17.1 Å². The summed E-state index contributed by atoms with van der Waals surface area (Å²) in [6.45, 7) is 0.171. The van der Waals surface area contributed by atoms with Gasteiger partial charge in [0.05, 0.1) is 0 Å². The topological polar surface area (TPSA) is 3.24 Å². The SMILES string of the molecule is c1ccc2c(c1)B1c3cc4sc5ccccc5c4cc3N(c3ccc4sc5ccccc5c4c3)c3cc(-c4cccc5ccccc45)cc-2c31. The van der Waals surface area contributed by atoms with E-state index >= 15 is 0 Å². The van der Waals surface area contributed by atoms with E-state index in [1.165, 1.54) is 107 Å². The van der Waals surface area contributed by atoms with Gasteiger partial charge in [-0.1, -0.05) is 109 Å². The molecule has 0 N–H and O–H groups in total. The lowest BCUT2D eigenvalue weighted by atomic mass is 9.37. The lowest BCUT2D eigenvalue weighted by molar-refractivity contribution is 1.31. The number of hydrogen-bond acceptors (Lipinski definition) is 3. The van der Waals surface area contributed by atoms with Crippen molar-refractivity contribution in [3.8, 4) is 22.3 Å². The molecule has 50 heavy (non-hydrogen) atoms. The van der Waals surface area contributed by atoms with E-state index < -0.39 is 0 Å². The van der Waals surface area contributed by atoms with Crippen LogP contribution in [0.5, 0.6) is 0 Å². The molecule has 4 heteroatoms. The van der Waals surface area contributed by atoms with Gasteiger partial charge in [0, 0.05) is 57.4 Å². The van der Waals surface area contributed by atoms with Crippen LogP contribution < -0.4 is 21.3 Å². The molecule has 230 valence electrons. The predicted molar refractivity (Wildman–Crippen MR) is 220 cm³/mol. The van der Waals surface area contributed by atoms with Gasteiger partial charge in [0.25, 0.3) is 0 Å². The minimum Gasteiger partial charge on any atom is -0.311 e. The Morgan fingerprint density at radius 1 is 0.400 bits per heavy atom. The van der Waals surface area contributed by atoms with Crippen LogP contribution in [0.2, 0.25) is 0 Å². The molecule has 12 rings (SSSR count). The Labute approximate surface area is 297 Å². The molecule has 0 unspecified atom stereocenters. The Hall–Kier alpha value is -5.68. The second kappa shape index (κ2) is 9.95. The Morgan fingerprint density at radius 2 is 1.06 bits per heavy atom. The first-order chi connectivity index (χ1) is 24.8. The van der Waals surface area contributed by atoms with E-state index in [-0.39, 0.29) is 6.71 Å². The molecular formula is C46H26BNS2. The summed E-state index contributed by atoms with van der Waals surface area (Å²) in [6.07, 6.45) is 0. The highest BCUT2D eigenvalue weighted by molar-refractivity contribution is 7.26. The zero-order valence-corrected chi connectivity index (χ0v) is 28.5. The molecule has 8 aromatic carbocycles. The van der Waals surface area contributed by atoms with Crippen molar-refractivity contribution in [2.24, 2.45) is 0 Å².